The molecule has 4 N–H and O–H groups in total. The molecule has 1 amide bonds. The molecule has 19 heavy (non-hydrogen) atoms. The second-order valence-corrected chi connectivity index (χ2v) is 4.65. The number of oxime groups is 1. The maximum absolute atomic E-state index is 12.0. The summed E-state index contributed by atoms with van der Waals surface area (Å²) in [7, 11) is 1.55. The van der Waals surface area contributed by atoms with Gasteiger partial charge in [-0.15, -0.1) is 0 Å². The van der Waals surface area contributed by atoms with Gasteiger partial charge in [-0.25, -0.2) is 0 Å². The first-order valence-corrected chi connectivity index (χ1v) is 5.81. The van der Waals surface area contributed by atoms with Crippen molar-refractivity contribution in [3.63, 3.8) is 0 Å². The minimum atomic E-state index is -0.909. The second kappa shape index (κ2) is 6.08. The van der Waals surface area contributed by atoms with Crippen molar-refractivity contribution < 1.29 is 14.7 Å². The van der Waals surface area contributed by atoms with Crippen LogP contribution in [0.1, 0.15) is 19.4 Å². The van der Waals surface area contributed by atoms with Crippen LogP contribution < -0.4 is 15.8 Å². The number of benzene rings is 1. The highest BCUT2D eigenvalue weighted by Gasteiger charge is 2.25. The van der Waals surface area contributed by atoms with E-state index in [4.69, 9.17) is 15.7 Å². The van der Waals surface area contributed by atoms with Crippen LogP contribution in [0.3, 0.4) is 0 Å². The molecule has 6 nitrogen and oxygen atoms in total. The average Bonchev–Trinajstić information content (AvgIpc) is 2.37. The Hall–Kier alpha value is -2.24. The number of para-hydroxylation sites is 1. The average molecular weight is 265 g/mol. The molecule has 1 aromatic rings. The van der Waals surface area contributed by atoms with E-state index in [9.17, 15) is 4.79 Å². The van der Waals surface area contributed by atoms with Gasteiger partial charge in [-0.1, -0.05) is 23.4 Å². The van der Waals surface area contributed by atoms with Crippen molar-refractivity contribution in [1.82, 2.24) is 5.32 Å². The first-order chi connectivity index (χ1) is 8.90. The van der Waals surface area contributed by atoms with Crippen LogP contribution in [0.4, 0.5) is 0 Å². The molecule has 0 saturated heterocycles. The molecular formula is C13H19N3O3. The van der Waals surface area contributed by atoms with Crippen LogP contribution in [-0.2, 0) is 11.2 Å². The van der Waals surface area contributed by atoms with Gasteiger partial charge in [0.15, 0.2) is 5.84 Å². The quantitative estimate of drug-likeness (QED) is 0.318. The SMILES string of the molecule is COc1ccccc1CC(=O)NC(C)(C)/C(N)=N/O. The Labute approximate surface area is 112 Å². The van der Waals surface area contributed by atoms with E-state index in [2.05, 4.69) is 10.5 Å². The van der Waals surface area contributed by atoms with Crippen LogP contribution >= 0.6 is 0 Å². The molecule has 1 aromatic carbocycles. The molecule has 0 saturated carbocycles. The van der Waals surface area contributed by atoms with Crippen molar-refractivity contribution in [2.45, 2.75) is 25.8 Å². The normalized spacial score (nSPS) is 12.1. The zero-order valence-corrected chi connectivity index (χ0v) is 11.3. The summed E-state index contributed by atoms with van der Waals surface area (Å²) in [4.78, 5) is 12.0. The summed E-state index contributed by atoms with van der Waals surface area (Å²) < 4.78 is 5.18. The highest BCUT2D eigenvalue weighted by atomic mass is 16.5. The fraction of sp³-hybridized carbons (Fsp3) is 0.385. The molecule has 0 radical (unpaired) electrons. The number of hydrogen-bond donors (Lipinski definition) is 3. The number of carbonyl (C=O) groups is 1. The molecule has 0 atom stereocenters. The summed E-state index contributed by atoms with van der Waals surface area (Å²) in [5.74, 6) is 0.362. The van der Waals surface area contributed by atoms with E-state index in [-0.39, 0.29) is 18.2 Å². The maximum Gasteiger partial charge on any atom is 0.225 e. The zero-order valence-electron chi connectivity index (χ0n) is 11.3. The number of nitrogens with zero attached hydrogens (tertiary/aromatic N) is 1. The summed E-state index contributed by atoms with van der Waals surface area (Å²) >= 11 is 0. The number of carbonyl (C=O) groups excluding carboxylic acids is 1. The molecule has 6 heteroatoms. The number of hydrogen-bond acceptors (Lipinski definition) is 4. The van der Waals surface area contributed by atoms with Gasteiger partial charge in [-0.2, -0.15) is 0 Å². The monoisotopic (exact) mass is 265 g/mol. The minimum Gasteiger partial charge on any atom is -0.496 e. The number of amidine groups is 1. The van der Waals surface area contributed by atoms with E-state index in [1.165, 1.54) is 0 Å². The Morgan fingerprint density at radius 2 is 2.11 bits per heavy atom. The Morgan fingerprint density at radius 3 is 2.68 bits per heavy atom. The molecule has 0 heterocycles. The number of methoxy groups -OCH3 is 1. The Morgan fingerprint density at radius 1 is 1.47 bits per heavy atom. The van der Waals surface area contributed by atoms with Gasteiger partial charge in [0.05, 0.1) is 19.1 Å². The van der Waals surface area contributed by atoms with Crippen molar-refractivity contribution in [2.24, 2.45) is 10.9 Å². The molecule has 0 aliphatic rings. The lowest BCUT2D eigenvalue weighted by atomic mass is 10.0. The van der Waals surface area contributed by atoms with Crippen molar-refractivity contribution in [3.05, 3.63) is 29.8 Å². The van der Waals surface area contributed by atoms with Gasteiger partial charge < -0.3 is 21.0 Å². The molecule has 0 spiro atoms. The number of amides is 1. The number of rotatable bonds is 5. The van der Waals surface area contributed by atoms with E-state index in [0.29, 0.717) is 5.75 Å². The van der Waals surface area contributed by atoms with E-state index >= 15 is 0 Å². The van der Waals surface area contributed by atoms with Gasteiger partial charge in [-0.05, 0) is 19.9 Å². The maximum atomic E-state index is 12.0. The van der Waals surface area contributed by atoms with Crippen LogP contribution in [0, 0.1) is 0 Å². The number of ether oxygens (including phenoxy) is 1. The highest BCUT2D eigenvalue weighted by molar-refractivity contribution is 5.93. The van der Waals surface area contributed by atoms with Crippen LogP contribution in [0.15, 0.2) is 29.4 Å². The fourth-order valence-corrected chi connectivity index (χ4v) is 1.60. The van der Waals surface area contributed by atoms with Gasteiger partial charge in [0, 0.05) is 5.56 Å². The Balaban J connectivity index is 2.76. The smallest absolute Gasteiger partial charge is 0.225 e. The van der Waals surface area contributed by atoms with Crippen molar-refractivity contribution in [3.8, 4) is 5.75 Å². The first kappa shape index (κ1) is 14.8. The summed E-state index contributed by atoms with van der Waals surface area (Å²) in [6.07, 6.45) is 0.159. The molecule has 104 valence electrons. The predicted molar refractivity (Wildman–Crippen MR) is 72.3 cm³/mol. The Bertz CT molecular complexity index is 484. The van der Waals surface area contributed by atoms with Crippen LogP contribution in [-0.4, -0.2) is 29.6 Å². The summed E-state index contributed by atoms with van der Waals surface area (Å²) in [5, 5.41) is 14.3. The van der Waals surface area contributed by atoms with Gasteiger partial charge >= 0.3 is 0 Å². The molecule has 0 fully saturated rings. The van der Waals surface area contributed by atoms with Crippen molar-refractivity contribution >= 4 is 11.7 Å². The Kier molecular flexibility index (Phi) is 4.74. The van der Waals surface area contributed by atoms with Crippen LogP contribution in [0.5, 0.6) is 5.75 Å². The second-order valence-electron chi connectivity index (χ2n) is 4.65. The predicted octanol–water partition coefficient (Wildman–Crippen LogP) is 0.879. The first-order valence-electron chi connectivity index (χ1n) is 5.81. The van der Waals surface area contributed by atoms with Gasteiger partial charge in [-0.3, -0.25) is 4.79 Å². The van der Waals surface area contributed by atoms with Gasteiger partial charge in [0.25, 0.3) is 0 Å². The summed E-state index contributed by atoms with van der Waals surface area (Å²) in [6.45, 7) is 3.31. The summed E-state index contributed by atoms with van der Waals surface area (Å²) in [6, 6.07) is 7.27. The number of nitrogens with two attached hydrogens (primary N) is 1. The largest absolute Gasteiger partial charge is 0.496 e. The number of nitrogens with one attached hydrogen (secondary N) is 1. The lowest BCUT2D eigenvalue weighted by Crippen LogP contribution is -2.53. The van der Waals surface area contributed by atoms with Crippen molar-refractivity contribution in [2.75, 3.05) is 7.11 Å². The molecular weight excluding hydrogens is 246 g/mol. The van der Waals surface area contributed by atoms with E-state index in [0.717, 1.165) is 5.56 Å². The van der Waals surface area contributed by atoms with Crippen LogP contribution in [0.25, 0.3) is 0 Å². The lowest BCUT2D eigenvalue weighted by molar-refractivity contribution is -0.121. The molecule has 1 rings (SSSR count). The highest BCUT2D eigenvalue weighted by Crippen LogP contribution is 2.18. The van der Waals surface area contributed by atoms with Crippen LogP contribution in [0.2, 0.25) is 0 Å². The standard InChI is InChI=1S/C13H19N3O3/c1-13(2,12(14)16-18)15-11(17)8-9-6-4-5-7-10(9)19-3/h4-7,18H,8H2,1-3H3,(H2,14,16)(H,15,17). The van der Waals surface area contributed by atoms with E-state index in [1.54, 1.807) is 27.0 Å². The van der Waals surface area contributed by atoms with E-state index in [1.807, 2.05) is 18.2 Å². The molecule has 0 aromatic heterocycles. The topological polar surface area (TPSA) is 96.9 Å². The summed E-state index contributed by atoms with van der Waals surface area (Å²) in [5.41, 5.74) is 5.38. The van der Waals surface area contributed by atoms with Crippen molar-refractivity contribution in [1.29, 1.82) is 0 Å². The third kappa shape index (κ3) is 3.87. The zero-order chi connectivity index (χ0) is 14.5. The molecule has 0 aliphatic heterocycles. The van der Waals surface area contributed by atoms with E-state index < -0.39 is 5.54 Å². The molecule has 0 bridgehead atoms. The van der Waals surface area contributed by atoms with Gasteiger partial charge in [0.1, 0.15) is 5.75 Å². The molecule has 0 unspecified atom stereocenters. The minimum absolute atomic E-state index is 0.0547. The van der Waals surface area contributed by atoms with Gasteiger partial charge in [0.2, 0.25) is 5.91 Å². The molecule has 0 aliphatic carbocycles. The fourth-order valence-electron chi connectivity index (χ4n) is 1.60. The third-order valence-corrected chi connectivity index (χ3v) is 2.74. The lowest BCUT2D eigenvalue weighted by Gasteiger charge is -2.24. The third-order valence-electron chi connectivity index (χ3n) is 2.74.